The smallest absolute Gasteiger partial charge is 0.224 e. The Bertz CT molecular complexity index is 786. The maximum absolute atomic E-state index is 13.3. The summed E-state index contributed by atoms with van der Waals surface area (Å²) < 4.78 is 18.9. The van der Waals surface area contributed by atoms with Crippen molar-refractivity contribution in [1.29, 1.82) is 0 Å². The number of ether oxygens (including phenoxy) is 1. The second-order valence-corrected chi connectivity index (χ2v) is 7.39. The molecule has 6 heteroatoms. The van der Waals surface area contributed by atoms with Gasteiger partial charge in [-0.3, -0.25) is 4.79 Å². The molecule has 0 aromatic heterocycles. The highest BCUT2D eigenvalue weighted by molar-refractivity contribution is 6.30. The maximum Gasteiger partial charge on any atom is 0.224 e. The average Bonchev–Trinajstić information content (AvgIpc) is 3.08. The number of likely N-dealkylation sites (tertiary alicyclic amines) is 1. The second-order valence-electron chi connectivity index (χ2n) is 6.95. The molecule has 4 nitrogen and oxygen atoms in total. The quantitative estimate of drug-likeness (QED) is 0.782. The van der Waals surface area contributed by atoms with Crippen LogP contribution in [0, 0.1) is 5.82 Å². The predicted molar refractivity (Wildman–Crippen MR) is 104 cm³/mol. The van der Waals surface area contributed by atoms with Gasteiger partial charge in [-0.25, -0.2) is 4.39 Å². The lowest BCUT2D eigenvalue weighted by atomic mass is 10.0. The molecule has 2 atom stereocenters. The molecule has 0 saturated carbocycles. The minimum atomic E-state index is -0.334. The summed E-state index contributed by atoms with van der Waals surface area (Å²) in [6.07, 6.45) is 2.70. The number of benzene rings is 2. The van der Waals surface area contributed by atoms with Gasteiger partial charge in [0.05, 0.1) is 6.04 Å². The van der Waals surface area contributed by atoms with Crippen LogP contribution in [0.2, 0.25) is 5.02 Å². The van der Waals surface area contributed by atoms with Crippen LogP contribution in [0.3, 0.4) is 0 Å². The van der Waals surface area contributed by atoms with Crippen molar-refractivity contribution in [2.45, 2.75) is 37.8 Å². The fourth-order valence-corrected chi connectivity index (χ4v) is 3.68. The first-order valence-corrected chi connectivity index (χ1v) is 9.57. The predicted octanol–water partition coefficient (Wildman–Crippen LogP) is 3.81. The van der Waals surface area contributed by atoms with Crippen LogP contribution in [-0.2, 0) is 11.2 Å². The zero-order valence-electron chi connectivity index (χ0n) is 15.1. The van der Waals surface area contributed by atoms with E-state index in [-0.39, 0.29) is 30.2 Å². The van der Waals surface area contributed by atoms with Crippen LogP contribution in [0.25, 0.3) is 0 Å². The molecule has 1 saturated heterocycles. The minimum Gasteiger partial charge on any atom is -0.491 e. The van der Waals surface area contributed by atoms with Crippen LogP contribution in [0.4, 0.5) is 4.39 Å². The molecule has 1 unspecified atom stereocenters. The normalized spacial score (nSPS) is 17.7. The zero-order valence-corrected chi connectivity index (χ0v) is 15.9. The highest BCUT2D eigenvalue weighted by Gasteiger charge is 2.30. The van der Waals surface area contributed by atoms with E-state index in [0.717, 1.165) is 18.4 Å². The van der Waals surface area contributed by atoms with E-state index >= 15 is 0 Å². The summed E-state index contributed by atoms with van der Waals surface area (Å²) in [5.41, 5.74) is 7.21. The first kappa shape index (κ1) is 19.6. The van der Waals surface area contributed by atoms with Crippen molar-refractivity contribution in [3.05, 3.63) is 64.9 Å². The first-order chi connectivity index (χ1) is 13.0. The van der Waals surface area contributed by atoms with E-state index in [9.17, 15) is 9.18 Å². The molecule has 1 aliphatic heterocycles. The molecule has 0 radical (unpaired) electrons. The number of halogens is 2. The van der Waals surface area contributed by atoms with Crippen molar-refractivity contribution in [1.82, 2.24) is 4.90 Å². The molecule has 2 aromatic carbocycles. The molecule has 1 heterocycles. The average molecular weight is 391 g/mol. The Labute approximate surface area is 164 Å². The monoisotopic (exact) mass is 390 g/mol. The summed E-state index contributed by atoms with van der Waals surface area (Å²) in [6, 6.07) is 13.3. The summed E-state index contributed by atoms with van der Waals surface area (Å²) >= 11 is 6.00. The fourth-order valence-electron chi connectivity index (χ4n) is 3.47. The van der Waals surface area contributed by atoms with E-state index in [1.54, 1.807) is 12.1 Å². The SMILES string of the molecule is NC(CC(=O)N1CCC[C@H]1COc1cccc(F)c1)Cc1cccc(Cl)c1. The molecule has 144 valence electrons. The highest BCUT2D eigenvalue weighted by Crippen LogP contribution is 2.21. The Morgan fingerprint density at radius 2 is 2.11 bits per heavy atom. The number of nitrogens with zero attached hydrogens (tertiary/aromatic N) is 1. The van der Waals surface area contributed by atoms with Gasteiger partial charge in [0.25, 0.3) is 0 Å². The third-order valence-electron chi connectivity index (χ3n) is 4.76. The van der Waals surface area contributed by atoms with Gasteiger partial charge in [0.15, 0.2) is 0 Å². The lowest BCUT2D eigenvalue weighted by Gasteiger charge is -2.26. The molecule has 0 aliphatic carbocycles. The van der Waals surface area contributed by atoms with Crippen molar-refractivity contribution in [2.24, 2.45) is 5.73 Å². The Hall–Kier alpha value is -2.11. The van der Waals surface area contributed by atoms with Gasteiger partial charge in [-0.2, -0.15) is 0 Å². The maximum atomic E-state index is 13.3. The van der Waals surface area contributed by atoms with Crippen molar-refractivity contribution in [3.8, 4) is 5.75 Å². The summed E-state index contributed by atoms with van der Waals surface area (Å²) in [7, 11) is 0. The van der Waals surface area contributed by atoms with Gasteiger partial charge in [-0.15, -0.1) is 0 Å². The largest absolute Gasteiger partial charge is 0.491 e. The van der Waals surface area contributed by atoms with E-state index in [2.05, 4.69) is 0 Å². The number of amides is 1. The molecule has 1 aliphatic rings. The van der Waals surface area contributed by atoms with E-state index in [4.69, 9.17) is 22.1 Å². The topological polar surface area (TPSA) is 55.6 Å². The van der Waals surface area contributed by atoms with Crippen LogP contribution < -0.4 is 10.5 Å². The van der Waals surface area contributed by atoms with Gasteiger partial charge in [0.2, 0.25) is 5.91 Å². The number of nitrogens with two attached hydrogens (primary N) is 1. The molecular weight excluding hydrogens is 367 g/mol. The molecule has 1 fully saturated rings. The Morgan fingerprint density at radius 3 is 2.89 bits per heavy atom. The molecule has 2 N–H and O–H groups in total. The van der Waals surface area contributed by atoms with Crippen LogP contribution in [0.5, 0.6) is 5.75 Å². The third-order valence-corrected chi connectivity index (χ3v) is 4.99. The Kier molecular flexibility index (Phi) is 6.69. The van der Waals surface area contributed by atoms with Crippen molar-refractivity contribution < 1.29 is 13.9 Å². The van der Waals surface area contributed by atoms with E-state index < -0.39 is 0 Å². The molecule has 0 bridgehead atoms. The summed E-state index contributed by atoms with van der Waals surface area (Å²) in [4.78, 5) is 14.5. The zero-order chi connectivity index (χ0) is 19.2. The minimum absolute atomic E-state index is 0.000799. The standard InChI is InChI=1S/C21H24ClFN2O2/c22-16-5-1-4-15(10-16)11-18(24)13-21(26)25-9-3-7-19(25)14-27-20-8-2-6-17(23)12-20/h1-2,4-6,8,10,12,18-19H,3,7,9,11,13-14,24H2/t18?,19-/m0/s1. The van der Waals surface area contributed by atoms with Crippen molar-refractivity contribution in [2.75, 3.05) is 13.2 Å². The van der Waals surface area contributed by atoms with E-state index in [0.29, 0.717) is 30.3 Å². The second kappa shape index (κ2) is 9.20. The summed E-state index contributed by atoms with van der Waals surface area (Å²) in [5, 5.41) is 0.667. The van der Waals surface area contributed by atoms with E-state index in [1.165, 1.54) is 12.1 Å². The third kappa shape index (κ3) is 5.68. The Morgan fingerprint density at radius 1 is 1.30 bits per heavy atom. The van der Waals surface area contributed by atoms with Crippen LogP contribution in [-0.4, -0.2) is 36.0 Å². The van der Waals surface area contributed by atoms with Gasteiger partial charge >= 0.3 is 0 Å². The number of hydrogen-bond acceptors (Lipinski definition) is 3. The van der Waals surface area contributed by atoms with Crippen LogP contribution in [0.15, 0.2) is 48.5 Å². The van der Waals surface area contributed by atoms with Gasteiger partial charge in [0, 0.05) is 30.1 Å². The van der Waals surface area contributed by atoms with Gasteiger partial charge in [-0.05, 0) is 49.1 Å². The van der Waals surface area contributed by atoms with E-state index in [1.807, 2.05) is 29.2 Å². The summed E-state index contributed by atoms with van der Waals surface area (Å²) in [5.74, 6) is 0.181. The van der Waals surface area contributed by atoms with Gasteiger partial charge < -0.3 is 15.4 Å². The number of carbonyl (C=O) groups is 1. The van der Waals surface area contributed by atoms with Crippen LogP contribution in [0.1, 0.15) is 24.8 Å². The Balaban J connectivity index is 1.52. The molecule has 2 aromatic rings. The lowest BCUT2D eigenvalue weighted by Crippen LogP contribution is -2.42. The first-order valence-electron chi connectivity index (χ1n) is 9.19. The molecule has 1 amide bonds. The van der Waals surface area contributed by atoms with Crippen molar-refractivity contribution in [3.63, 3.8) is 0 Å². The molecule has 0 spiro atoms. The molecular formula is C21H24ClFN2O2. The van der Waals surface area contributed by atoms with Gasteiger partial charge in [0.1, 0.15) is 18.2 Å². The van der Waals surface area contributed by atoms with Crippen molar-refractivity contribution >= 4 is 17.5 Å². The number of hydrogen-bond donors (Lipinski definition) is 1. The van der Waals surface area contributed by atoms with Crippen LogP contribution >= 0.6 is 11.6 Å². The number of carbonyl (C=O) groups excluding carboxylic acids is 1. The fraction of sp³-hybridized carbons (Fsp3) is 0.381. The highest BCUT2D eigenvalue weighted by atomic mass is 35.5. The van der Waals surface area contributed by atoms with Gasteiger partial charge in [-0.1, -0.05) is 29.8 Å². The number of rotatable bonds is 7. The lowest BCUT2D eigenvalue weighted by molar-refractivity contribution is -0.132. The molecule has 27 heavy (non-hydrogen) atoms. The summed E-state index contributed by atoms with van der Waals surface area (Å²) in [6.45, 7) is 1.07. The molecule has 3 rings (SSSR count).